The highest BCUT2D eigenvalue weighted by atomic mass is 16.5. The number of carbonyl (C=O) groups excluding carboxylic acids is 1. The third-order valence-corrected chi connectivity index (χ3v) is 6.65. The maximum atomic E-state index is 12.6. The minimum absolute atomic E-state index is 0.0546. The van der Waals surface area contributed by atoms with E-state index < -0.39 is 17.6 Å². The number of benzene rings is 2. The molecule has 2 aliphatic carbocycles. The van der Waals surface area contributed by atoms with E-state index in [1.54, 1.807) is 0 Å². The quantitative estimate of drug-likeness (QED) is 0.830. The number of aliphatic carboxylic acids is 1. The number of carboxylic acid groups (broad SMARTS) is 1. The number of carboxylic acids is 1. The van der Waals surface area contributed by atoms with Gasteiger partial charge in [-0.25, -0.2) is 9.59 Å². The molecule has 1 heterocycles. The van der Waals surface area contributed by atoms with Crippen LogP contribution in [0, 0.1) is 5.92 Å². The first-order valence-electron chi connectivity index (χ1n) is 10.1. The van der Waals surface area contributed by atoms with Gasteiger partial charge in [0.25, 0.3) is 0 Å². The molecule has 1 saturated heterocycles. The minimum Gasteiger partial charge on any atom is -0.479 e. The molecule has 1 saturated carbocycles. The van der Waals surface area contributed by atoms with Gasteiger partial charge in [-0.1, -0.05) is 48.5 Å². The van der Waals surface area contributed by atoms with E-state index in [-0.39, 0.29) is 31.0 Å². The average molecular weight is 393 g/mol. The minimum atomic E-state index is -1.28. The molecule has 0 unspecified atom stereocenters. The molecule has 1 aliphatic heterocycles. The van der Waals surface area contributed by atoms with E-state index in [0.717, 1.165) is 35.1 Å². The Labute approximate surface area is 168 Å². The molecule has 2 aromatic carbocycles. The van der Waals surface area contributed by atoms with Crippen LogP contribution in [0.2, 0.25) is 0 Å². The molecular formula is C23H23NO5. The molecule has 2 N–H and O–H groups in total. The van der Waals surface area contributed by atoms with Crippen molar-refractivity contribution in [2.24, 2.45) is 5.92 Å². The van der Waals surface area contributed by atoms with Gasteiger partial charge in [-0.3, -0.25) is 0 Å². The maximum absolute atomic E-state index is 12.6. The number of hydrogen-bond acceptors (Lipinski definition) is 4. The highest BCUT2D eigenvalue weighted by molar-refractivity contribution is 5.86. The molecule has 0 radical (unpaired) electrons. The lowest BCUT2D eigenvalue weighted by Crippen LogP contribution is -2.72. The lowest BCUT2D eigenvalue weighted by atomic mass is 9.61. The first-order valence-corrected chi connectivity index (χ1v) is 10.1. The maximum Gasteiger partial charge on any atom is 0.408 e. The van der Waals surface area contributed by atoms with Crippen LogP contribution in [0.4, 0.5) is 4.79 Å². The lowest BCUT2D eigenvalue weighted by Gasteiger charge is -2.53. The van der Waals surface area contributed by atoms with Crippen LogP contribution in [0.15, 0.2) is 48.5 Å². The van der Waals surface area contributed by atoms with Crippen LogP contribution in [0.1, 0.15) is 36.3 Å². The van der Waals surface area contributed by atoms with Crippen LogP contribution in [0.25, 0.3) is 11.1 Å². The highest BCUT2D eigenvalue weighted by Gasteiger charge is 2.61. The van der Waals surface area contributed by atoms with E-state index in [1.165, 1.54) is 0 Å². The molecule has 5 rings (SSSR count). The van der Waals surface area contributed by atoms with Gasteiger partial charge in [0, 0.05) is 24.9 Å². The molecular weight excluding hydrogens is 370 g/mol. The monoisotopic (exact) mass is 393 g/mol. The second-order valence-corrected chi connectivity index (χ2v) is 8.09. The Morgan fingerprint density at radius 2 is 1.76 bits per heavy atom. The van der Waals surface area contributed by atoms with Gasteiger partial charge in [-0.15, -0.1) is 0 Å². The van der Waals surface area contributed by atoms with Crippen LogP contribution in [0.3, 0.4) is 0 Å². The molecule has 3 aliphatic rings. The number of hydrogen-bond donors (Lipinski definition) is 2. The summed E-state index contributed by atoms with van der Waals surface area (Å²) in [6.07, 6.45) is 1.06. The SMILES string of the molecule is O=C(N[C@@]1(C(=O)O)C[C@H]2OCCC[C@H]21)OCC1c2ccccc2-c2ccccc21. The van der Waals surface area contributed by atoms with Gasteiger partial charge < -0.3 is 19.9 Å². The number of amides is 1. The number of carbonyl (C=O) groups is 2. The van der Waals surface area contributed by atoms with Crippen molar-refractivity contribution in [2.75, 3.05) is 13.2 Å². The smallest absolute Gasteiger partial charge is 0.408 e. The summed E-state index contributed by atoms with van der Waals surface area (Å²) in [4.78, 5) is 24.5. The molecule has 0 aromatic heterocycles. The third-order valence-electron chi connectivity index (χ3n) is 6.65. The van der Waals surface area contributed by atoms with E-state index in [1.807, 2.05) is 24.3 Å². The zero-order valence-corrected chi connectivity index (χ0v) is 16.0. The van der Waals surface area contributed by atoms with Crippen molar-refractivity contribution in [2.45, 2.75) is 36.8 Å². The summed E-state index contributed by atoms with van der Waals surface area (Å²) in [5.41, 5.74) is 3.27. The molecule has 6 heteroatoms. The molecule has 0 spiro atoms. The fourth-order valence-corrected chi connectivity index (χ4v) is 5.17. The Morgan fingerprint density at radius 1 is 1.10 bits per heavy atom. The first kappa shape index (κ1) is 18.2. The lowest BCUT2D eigenvalue weighted by molar-refractivity contribution is -0.180. The summed E-state index contributed by atoms with van der Waals surface area (Å²) >= 11 is 0. The summed E-state index contributed by atoms with van der Waals surface area (Å²) < 4.78 is 11.2. The zero-order chi connectivity index (χ0) is 20.0. The highest BCUT2D eigenvalue weighted by Crippen LogP contribution is 2.47. The van der Waals surface area contributed by atoms with Crippen molar-refractivity contribution in [1.29, 1.82) is 0 Å². The topological polar surface area (TPSA) is 84.9 Å². The Balaban J connectivity index is 1.31. The molecule has 1 amide bonds. The van der Waals surface area contributed by atoms with Crippen molar-refractivity contribution in [3.8, 4) is 11.1 Å². The van der Waals surface area contributed by atoms with E-state index >= 15 is 0 Å². The largest absolute Gasteiger partial charge is 0.479 e. The van der Waals surface area contributed by atoms with Crippen LogP contribution < -0.4 is 5.32 Å². The summed E-state index contributed by atoms with van der Waals surface area (Å²) in [5.74, 6) is -1.27. The van der Waals surface area contributed by atoms with Crippen LogP contribution in [-0.4, -0.2) is 42.0 Å². The standard InChI is InChI=1S/C23H23NO5/c25-21(26)23(12-20-19(23)10-5-11-28-20)24-22(27)29-13-18-16-8-3-1-6-14(16)15-7-2-4-9-17(15)18/h1-4,6-9,18-20H,5,10-13H2,(H,24,27)(H,25,26)/t19-,20-,23+/m1/s1. The number of alkyl carbamates (subject to hydrolysis) is 1. The normalized spacial score (nSPS) is 27.2. The van der Waals surface area contributed by atoms with Crippen molar-refractivity contribution < 1.29 is 24.2 Å². The Hall–Kier alpha value is -2.86. The van der Waals surface area contributed by atoms with Crippen molar-refractivity contribution in [3.05, 3.63) is 59.7 Å². The van der Waals surface area contributed by atoms with E-state index in [9.17, 15) is 14.7 Å². The summed E-state index contributed by atoms with van der Waals surface area (Å²) in [7, 11) is 0. The van der Waals surface area contributed by atoms with Gasteiger partial charge in [0.05, 0.1) is 6.10 Å². The van der Waals surface area contributed by atoms with E-state index in [4.69, 9.17) is 9.47 Å². The fourth-order valence-electron chi connectivity index (χ4n) is 5.17. The summed E-state index contributed by atoms with van der Waals surface area (Å²) in [6, 6.07) is 16.2. The molecule has 2 fully saturated rings. The van der Waals surface area contributed by atoms with Crippen molar-refractivity contribution in [1.82, 2.24) is 5.32 Å². The summed E-state index contributed by atoms with van der Waals surface area (Å²) in [6.45, 7) is 0.821. The van der Waals surface area contributed by atoms with Gasteiger partial charge >= 0.3 is 12.1 Å². The third kappa shape index (κ3) is 2.82. The molecule has 29 heavy (non-hydrogen) atoms. The Bertz CT molecular complexity index is 928. The zero-order valence-electron chi connectivity index (χ0n) is 16.0. The van der Waals surface area contributed by atoms with E-state index in [0.29, 0.717) is 6.61 Å². The number of rotatable bonds is 4. The Kier molecular flexibility index (Phi) is 4.32. The van der Waals surface area contributed by atoms with E-state index in [2.05, 4.69) is 29.6 Å². The van der Waals surface area contributed by atoms with Gasteiger partial charge in [-0.2, -0.15) is 0 Å². The number of nitrogens with one attached hydrogen (secondary N) is 1. The Morgan fingerprint density at radius 3 is 2.38 bits per heavy atom. The van der Waals surface area contributed by atoms with Gasteiger partial charge in [0.1, 0.15) is 12.1 Å². The fraction of sp³-hybridized carbons (Fsp3) is 0.391. The second kappa shape index (κ2) is 6.88. The molecule has 3 atom stereocenters. The molecule has 0 bridgehead atoms. The first-order chi connectivity index (χ1) is 14.1. The average Bonchev–Trinajstić information content (AvgIpc) is 3.04. The number of ether oxygens (including phenoxy) is 2. The molecule has 6 nitrogen and oxygen atoms in total. The predicted octanol–water partition coefficient (Wildman–Crippen LogP) is 3.55. The van der Waals surface area contributed by atoms with Crippen LogP contribution in [0.5, 0.6) is 0 Å². The summed E-state index contributed by atoms with van der Waals surface area (Å²) in [5, 5.41) is 12.4. The molecule has 2 aromatic rings. The van der Waals surface area contributed by atoms with Crippen molar-refractivity contribution >= 4 is 12.1 Å². The van der Waals surface area contributed by atoms with Crippen LogP contribution >= 0.6 is 0 Å². The predicted molar refractivity (Wildman–Crippen MR) is 106 cm³/mol. The van der Waals surface area contributed by atoms with Gasteiger partial charge in [0.2, 0.25) is 0 Å². The van der Waals surface area contributed by atoms with Gasteiger partial charge in [0.15, 0.2) is 0 Å². The van der Waals surface area contributed by atoms with Crippen LogP contribution in [-0.2, 0) is 14.3 Å². The van der Waals surface area contributed by atoms with Crippen molar-refractivity contribution in [3.63, 3.8) is 0 Å². The second-order valence-electron chi connectivity index (χ2n) is 8.09. The number of fused-ring (bicyclic) bond motifs is 4. The molecule has 150 valence electrons. The van der Waals surface area contributed by atoms with Gasteiger partial charge in [-0.05, 0) is 35.1 Å².